The van der Waals surface area contributed by atoms with Gasteiger partial charge in [0.1, 0.15) is 11.9 Å². The Balaban J connectivity index is 2.16. The van der Waals surface area contributed by atoms with Gasteiger partial charge >= 0.3 is 0 Å². The maximum absolute atomic E-state index is 12.3. The number of rotatable bonds is 5. The lowest BCUT2D eigenvalue weighted by Crippen LogP contribution is -2.14. The number of nitrogens with one attached hydrogen (secondary N) is 1. The highest BCUT2D eigenvalue weighted by molar-refractivity contribution is 7.09. The average Bonchev–Trinajstić information content (AvgIpc) is 2.93. The molecule has 0 aliphatic carbocycles. The predicted octanol–water partition coefficient (Wildman–Crippen LogP) is 3.14. The standard InChI is InChI=1S/C15H15N5OS/c1-9(2)11-4-6-12(7-5-11)14(21)13(8-16)18-19-15-17-10(3)20-22-15/h4-7,9H,1-3H3,(H,17,19,20)/b18-13+. The van der Waals surface area contributed by atoms with E-state index in [4.69, 9.17) is 5.26 Å². The first-order valence-corrected chi connectivity index (χ1v) is 7.47. The van der Waals surface area contributed by atoms with Gasteiger partial charge in [-0.1, -0.05) is 38.1 Å². The van der Waals surface area contributed by atoms with Crippen molar-refractivity contribution in [2.75, 3.05) is 5.43 Å². The zero-order valence-corrected chi connectivity index (χ0v) is 13.3. The molecule has 0 bridgehead atoms. The summed E-state index contributed by atoms with van der Waals surface area (Å²) in [6.07, 6.45) is 0. The topological polar surface area (TPSA) is 91.0 Å². The largest absolute Gasteiger partial charge is 0.286 e. The van der Waals surface area contributed by atoms with Crippen LogP contribution in [0.3, 0.4) is 0 Å². The summed E-state index contributed by atoms with van der Waals surface area (Å²) < 4.78 is 3.98. The number of hydrazone groups is 1. The number of anilines is 1. The SMILES string of the molecule is Cc1nsc(N/N=C(\C#N)C(=O)c2ccc(C(C)C)cc2)n1. The van der Waals surface area contributed by atoms with Gasteiger partial charge in [0.25, 0.3) is 0 Å². The minimum absolute atomic E-state index is 0.217. The molecule has 1 N–H and O–H groups in total. The number of nitriles is 1. The Labute approximate surface area is 132 Å². The molecular weight excluding hydrogens is 298 g/mol. The summed E-state index contributed by atoms with van der Waals surface area (Å²) >= 11 is 1.11. The summed E-state index contributed by atoms with van der Waals surface area (Å²) in [5.41, 5.74) is 3.93. The maximum atomic E-state index is 12.3. The number of hydrogen-bond donors (Lipinski definition) is 1. The van der Waals surface area contributed by atoms with Crippen molar-refractivity contribution < 1.29 is 4.79 Å². The molecule has 2 aromatic rings. The van der Waals surface area contributed by atoms with E-state index in [-0.39, 0.29) is 5.71 Å². The Morgan fingerprint density at radius 2 is 2.05 bits per heavy atom. The van der Waals surface area contributed by atoms with Crippen molar-refractivity contribution in [3.8, 4) is 6.07 Å². The summed E-state index contributed by atoms with van der Waals surface area (Å²) in [7, 11) is 0. The lowest BCUT2D eigenvalue weighted by Gasteiger charge is -2.05. The monoisotopic (exact) mass is 313 g/mol. The molecule has 0 unspecified atom stereocenters. The number of carbonyl (C=O) groups is 1. The summed E-state index contributed by atoms with van der Waals surface area (Å²) in [5.74, 6) is 0.568. The van der Waals surface area contributed by atoms with Crippen molar-refractivity contribution in [2.24, 2.45) is 5.10 Å². The smallest absolute Gasteiger partial charge is 0.223 e. The highest BCUT2D eigenvalue weighted by Crippen LogP contribution is 2.15. The van der Waals surface area contributed by atoms with Crippen molar-refractivity contribution in [3.05, 3.63) is 41.2 Å². The van der Waals surface area contributed by atoms with Crippen LogP contribution in [0, 0.1) is 18.3 Å². The minimum atomic E-state index is -0.424. The maximum Gasteiger partial charge on any atom is 0.223 e. The summed E-state index contributed by atoms with van der Waals surface area (Å²) in [5, 5.41) is 13.4. The van der Waals surface area contributed by atoms with Gasteiger partial charge < -0.3 is 0 Å². The van der Waals surface area contributed by atoms with E-state index in [0.717, 1.165) is 17.1 Å². The van der Waals surface area contributed by atoms with Crippen LogP contribution in [0.2, 0.25) is 0 Å². The van der Waals surface area contributed by atoms with E-state index < -0.39 is 5.78 Å². The molecule has 1 aromatic heterocycles. The third-order valence-electron chi connectivity index (χ3n) is 2.95. The van der Waals surface area contributed by atoms with Crippen LogP contribution >= 0.6 is 11.5 Å². The lowest BCUT2D eigenvalue weighted by molar-refractivity contribution is 0.106. The van der Waals surface area contributed by atoms with E-state index in [1.54, 1.807) is 19.1 Å². The van der Waals surface area contributed by atoms with Gasteiger partial charge in [0, 0.05) is 17.1 Å². The molecule has 0 aliphatic rings. The number of hydrogen-bond acceptors (Lipinski definition) is 7. The van der Waals surface area contributed by atoms with Crippen molar-refractivity contribution in [3.63, 3.8) is 0 Å². The molecule has 0 saturated heterocycles. The van der Waals surface area contributed by atoms with Gasteiger partial charge in [0.2, 0.25) is 16.6 Å². The van der Waals surface area contributed by atoms with Crippen molar-refractivity contribution in [1.29, 1.82) is 5.26 Å². The molecule has 7 heteroatoms. The lowest BCUT2D eigenvalue weighted by atomic mass is 9.99. The zero-order chi connectivity index (χ0) is 16.1. The van der Waals surface area contributed by atoms with Crippen LogP contribution in [0.25, 0.3) is 0 Å². The van der Waals surface area contributed by atoms with Gasteiger partial charge in [0.05, 0.1) is 0 Å². The molecule has 2 rings (SSSR count). The minimum Gasteiger partial charge on any atom is -0.286 e. The molecule has 0 saturated carbocycles. The number of aromatic nitrogens is 2. The first-order chi connectivity index (χ1) is 10.5. The molecule has 0 amide bonds. The van der Waals surface area contributed by atoms with E-state index in [9.17, 15) is 4.79 Å². The number of aryl methyl sites for hydroxylation is 1. The van der Waals surface area contributed by atoms with Crippen LogP contribution in [-0.4, -0.2) is 20.9 Å². The second-order valence-electron chi connectivity index (χ2n) is 4.94. The fourth-order valence-electron chi connectivity index (χ4n) is 1.73. The number of ketones is 1. The molecule has 0 aliphatic heterocycles. The van der Waals surface area contributed by atoms with Crippen molar-refractivity contribution in [2.45, 2.75) is 26.7 Å². The van der Waals surface area contributed by atoms with Crippen LogP contribution in [0.15, 0.2) is 29.4 Å². The number of nitrogens with zero attached hydrogens (tertiary/aromatic N) is 4. The van der Waals surface area contributed by atoms with Crippen LogP contribution in [0.4, 0.5) is 5.13 Å². The Morgan fingerprint density at radius 1 is 1.36 bits per heavy atom. The van der Waals surface area contributed by atoms with Gasteiger partial charge in [-0.2, -0.15) is 14.7 Å². The van der Waals surface area contributed by atoms with E-state index >= 15 is 0 Å². The molecule has 1 aromatic carbocycles. The molecule has 0 fully saturated rings. The number of Topliss-reactive ketones (excluding diaryl/α,β-unsaturated/α-hetero) is 1. The second-order valence-corrected chi connectivity index (χ2v) is 5.69. The van der Waals surface area contributed by atoms with Crippen molar-refractivity contribution >= 4 is 28.2 Å². The zero-order valence-electron chi connectivity index (χ0n) is 12.5. The van der Waals surface area contributed by atoms with E-state index in [2.05, 4.69) is 33.7 Å². The Kier molecular flexibility index (Phi) is 4.96. The Hall–Kier alpha value is -2.59. The normalized spacial score (nSPS) is 11.3. The quantitative estimate of drug-likeness (QED) is 0.520. The number of carbonyl (C=O) groups excluding carboxylic acids is 1. The predicted molar refractivity (Wildman–Crippen MR) is 86.2 cm³/mol. The van der Waals surface area contributed by atoms with Crippen LogP contribution in [-0.2, 0) is 0 Å². The first-order valence-electron chi connectivity index (χ1n) is 6.70. The first kappa shape index (κ1) is 15.8. The third kappa shape index (κ3) is 3.74. The molecule has 0 spiro atoms. The molecule has 1 heterocycles. The Morgan fingerprint density at radius 3 is 2.55 bits per heavy atom. The van der Waals surface area contributed by atoms with Crippen LogP contribution < -0.4 is 5.43 Å². The summed E-state index contributed by atoms with van der Waals surface area (Å²) in [4.78, 5) is 16.3. The highest BCUT2D eigenvalue weighted by atomic mass is 32.1. The highest BCUT2D eigenvalue weighted by Gasteiger charge is 2.14. The van der Waals surface area contributed by atoms with Gasteiger partial charge in [-0.15, -0.1) is 0 Å². The average molecular weight is 313 g/mol. The summed E-state index contributed by atoms with van der Waals surface area (Å²) in [6.45, 7) is 5.90. The van der Waals surface area contributed by atoms with E-state index in [1.165, 1.54) is 0 Å². The fraction of sp³-hybridized carbons (Fsp3) is 0.267. The second kappa shape index (κ2) is 6.91. The van der Waals surface area contributed by atoms with E-state index in [0.29, 0.717) is 22.4 Å². The van der Waals surface area contributed by atoms with Crippen LogP contribution in [0.5, 0.6) is 0 Å². The molecular formula is C15H15N5OS. The number of benzene rings is 1. The fourth-order valence-corrected chi connectivity index (χ4v) is 2.25. The Bertz CT molecular complexity index is 740. The molecule has 0 atom stereocenters. The van der Waals surface area contributed by atoms with Gasteiger partial charge in [-0.3, -0.25) is 4.79 Å². The summed E-state index contributed by atoms with van der Waals surface area (Å²) in [6, 6.07) is 8.99. The van der Waals surface area contributed by atoms with E-state index in [1.807, 2.05) is 18.2 Å². The van der Waals surface area contributed by atoms with Crippen molar-refractivity contribution in [1.82, 2.24) is 9.36 Å². The molecule has 0 radical (unpaired) electrons. The molecule has 112 valence electrons. The molecule has 6 nitrogen and oxygen atoms in total. The third-order valence-corrected chi connectivity index (χ3v) is 3.66. The van der Waals surface area contributed by atoms with Gasteiger partial charge in [-0.25, -0.2) is 10.4 Å². The van der Waals surface area contributed by atoms with Gasteiger partial charge in [0.15, 0.2) is 0 Å². The molecule has 22 heavy (non-hydrogen) atoms. The van der Waals surface area contributed by atoms with Gasteiger partial charge in [-0.05, 0) is 18.4 Å². The van der Waals surface area contributed by atoms with Crippen LogP contribution in [0.1, 0.15) is 41.5 Å².